The zero-order chi connectivity index (χ0) is 16.1. The maximum atomic E-state index is 12.0. The van der Waals surface area contributed by atoms with Gasteiger partial charge in [0.2, 0.25) is 5.76 Å². The number of carboxylic acids is 1. The van der Waals surface area contributed by atoms with Gasteiger partial charge in [0.05, 0.1) is 0 Å². The molecule has 0 aliphatic carbocycles. The molecule has 1 aromatic heterocycles. The Morgan fingerprint density at radius 2 is 1.73 bits per heavy atom. The predicted molar refractivity (Wildman–Crippen MR) is 82.0 cm³/mol. The van der Waals surface area contributed by atoms with E-state index in [-0.39, 0.29) is 17.4 Å². The number of carbonyl (C=O) groups is 2. The molecule has 22 heavy (non-hydrogen) atoms. The van der Waals surface area contributed by atoms with Gasteiger partial charge in [-0.1, -0.05) is 44.2 Å². The summed E-state index contributed by atoms with van der Waals surface area (Å²) < 4.78 is 4.99. The molecule has 0 saturated heterocycles. The van der Waals surface area contributed by atoms with E-state index in [9.17, 15) is 9.59 Å². The van der Waals surface area contributed by atoms with Crippen molar-refractivity contribution in [1.29, 1.82) is 0 Å². The van der Waals surface area contributed by atoms with Crippen LogP contribution in [0.15, 0.2) is 46.9 Å². The molecule has 5 nitrogen and oxygen atoms in total. The van der Waals surface area contributed by atoms with Crippen molar-refractivity contribution in [2.45, 2.75) is 19.8 Å². The van der Waals surface area contributed by atoms with Crippen molar-refractivity contribution < 1.29 is 19.1 Å². The Labute approximate surface area is 129 Å². The Hall–Kier alpha value is -2.56. The highest BCUT2D eigenvalue weighted by molar-refractivity contribution is 5.93. The molecule has 5 heteroatoms. The first-order valence-corrected chi connectivity index (χ1v) is 7.15. The van der Waals surface area contributed by atoms with Crippen LogP contribution in [0.4, 0.5) is 0 Å². The fourth-order valence-electron chi connectivity index (χ4n) is 2.30. The van der Waals surface area contributed by atoms with Gasteiger partial charge in [0.15, 0.2) is 5.76 Å². The van der Waals surface area contributed by atoms with Crippen molar-refractivity contribution in [3.63, 3.8) is 0 Å². The summed E-state index contributed by atoms with van der Waals surface area (Å²) in [6.45, 7) is 4.65. The van der Waals surface area contributed by atoms with Crippen LogP contribution in [0.2, 0.25) is 0 Å². The van der Waals surface area contributed by atoms with Crippen molar-refractivity contribution >= 4 is 11.9 Å². The van der Waals surface area contributed by atoms with Crippen LogP contribution in [0.25, 0.3) is 0 Å². The van der Waals surface area contributed by atoms with Crippen LogP contribution in [0, 0.1) is 5.92 Å². The van der Waals surface area contributed by atoms with Crippen molar-refractivity contribution in [3.05, 3.63) is 59.5 Å². The summed E-state index contributed by atoms with van der Waals surface area (Å²) in [5.74, 6) is -1.30. The van der Waals surface area contributed by atoms with Gasteiger partial charge >= 0.3 is 5.97 Å². The lowest BCUT2D eigenvalue weighted by Gasteiger charge is -2.21. The average molecular weight is 301 g/mol. The SMILES string of the molecule is CC(C)C(CNC(=O)c1ccc(C(=O)O)o1)c1ccccc1. The number of aromatic carboxylic acids is 1. The Balaban J connectivity index is 2.03. The second kappa shape index (κ2) is 6.93. The third-order valence-corrected chi connectivity index (χ3v) is 3.56. The standard InChI is InChI=1S/C17H19NO4/c1-11(2)13(12-6-4-3-5-7-12)10-18-16(19)14-8-9-15(22-14)17(20)21/h3-9,11,13H,10H2,1-2H3,(H,18,19)(H,20,21). The van der Waals surface area contributed by atoms with E-state index in [0.29, 0.717) is 12.5 Å². The van der Waals surface area contributed by atoms with Crippen LogP contribution in [0.5, 0.6) is 0 Å². The van der Waals surface area contributed by atoms with Crippen LogP contribution < -0.4 is 5.32 Å². The van der Waals surface area contributed by atoms with E-state index in [1.54, 1.807) is 0 Å². The lowest BCUT2D eigenvalue weighted by Crippen LogP contribution is -2.30. The van der Waals surface area contributed by atoms with E-state index in [4.69, 9.17) is 9.52 Å². The van der Waals surface area contributed by atoms with E-state index in [0.717, 1.165) is 5.56 Å². The fraction of sp³-hybridized carbons (Fsp3) is 0.294. The molecule has 0 fully saturated rings. The van der Waals surface area contributed by atoms with Gasteiger partial charge in [-0.15, -0.1) is 0 Å². The summed E-state index contributed by atoms with van der Waals surface area (Å²) in [6, 6.07) is 12.6. The summed E-state index contributed by atoms with van der Waals surface area (Å²) in [7, 11) is 0. The Morgan fingerprint density at radius 1 is 1.09 bits per heavy atom. The molecule has 0 saturated carbocycles. The minimum Gasteiger partial charge on any atom is -0.475 e. The highest BCUT2D eigenvalue weighted by Gasteiger charge is 2.19. The number of benzene rings is 1. The minimum atomic E-state index is -1.19. The number of carbonyl (C=O) groups excluding carboxylic acids is 1. The van der Waals surface area contributed by atoms with E-state index in [2.05, 4.69) is 19.2 Å². The molecular formula is C17H19NO4. The second-order valence-corrected chi connectivity index (χ2v) is 5.44. The summed E-state index contributed by atoms with van der Waals surface area (Å²) in [4.78, 5) is 22.8. The van der Waals surface area contributed by atoms with Crippen molar-refractivity contribution in [1.82, 2.24) is 5.32 Å². The monoisotopic (exact) mass is 301 g/mol. The molecule has 2 N–H and O–H groups in total. The molecule has 2 rings (SSSR count). The van der Waals surface area contributed by atoms with Crippen LogP contribution in [-0.2, 0) is 0 Å². The van der Waals surface area contributed by atoms with Crippen LogP contribution in [0.3, 0.4) is 0 Å². The first-order valence-electron chi connectivity index (χ1n) is 7.15. The smallest absolute Gasteiger partial charge is 0.371 e. The Morgan fingerprint density at radius 3 is 2.27 bits per heavy atom. The highest BCUT2D eigenvalue weighted by atomic mass is 16.4. The third-order valence-electron chi connectivity index (χ3n) is 3.56. The maximum absolute atomic E-state index is 12.0. The largest absolute Gasteiger partial charge is 0.475 e. The van der Waals surface area contributed by atoms with Crippen LogP contribution in [0.1, 0.15) is 46.4 Å². The molecule has 0 spiro atoms. The van der Waals surface area contributed by atoms with E-state index in [1.165, 1.54) is 12.1 Å². The second-order valence-electron chi connectivity index (χ2n) is 5.44. The molecule has 2 aromatic rings. The van der Waals surface area contributed by atoms with Gasteiger partial charge in [0.25, 0.3) is 5.91 Å². The number of hydrogen-bond donors (Lipinski definition) is 2. The Bertz CT molecular complexity index is 646. The van der Waals surface area contributed by atoms with Gasteiger partial charge in [0.1, 0.15) is 0 Å². The number of nitrogens with one attached hydrogen (secondary N) is 1. The molecule has 0 aliphatic rings. The lowest BCUT2D eigenvalue weighted by atomic mass is 9.88. The summed E-state index contributed by atoms with van der Waals surface area (Å²) in [6.07, 6.45) is 0. The maximum Gasteiger partial charge on any atom is 0.371 e. The summed E-state index contributed by atoms with van der Waals surface area (Å²) in [5.41, 5.74) is 1.16. The zero-order valence-corrected chi connectivity index (χ0v) is 12.6. The fourth-order valence-corrected chi connectivity index (χ4v) is 2.30. The van der Waals surface area contributed by atoms with Gasteiger partial charge in [0, 0.05) is 12.5 Å². The van der Waals surface area contributed by atoms with Crippen molar-refractivity contribution in [2.75, 3.05) is 6.54 Å². The molecule has 0 bridgehead atoms. The molecule has 1 heterocycles. The average Bonchev–Trinajstić information content (AvgIpc) is 2.98. The zero-order valence-electron chi connectivity index (χ0n) is 12.6. The molecular weight excluding hydrogens is 282 g/mol. The molecule has 0 aliphatic heterocycles. The highest BCUT2D eigenvalue weighted by Crippen LogP contribution is 2.23. The molecule has 1 aromatic carbocycles. The molecule has 0 radical (unpaired) electrons. The minimum absolute atomic E-state index is 0.00738. The topological polar surface area (TPSA) is 79.5 Å². The van der Waals surface area contributed by atoms with Crippen LogP contribution in [-0.4, -0.2) is 23.5 Å². The third kappa shape index (κ3) is 3.75. The van der Waals surface area contributed by atoms with Gasteiger partial charge in [-0.05, 0) is 23.6 Å². The van der Waals surface area contributed by atoms with Crippen molar-refractivity contribution in [3.8, 4) is 0 Å². The molecule has 116 valence electrons. The first kappa shape index (κ1) is 15.8. The van der Waals surface area contributed by atoms with Gasteiger partial charge in [-0.25, -0.2) is 4.79 Å². The van der Waals surface area contributed by atoms with E-state index in [1.807, 2.05) is 30.3 Å². The normalized spacial score (nSPS) is 12.1. The number of rotatable bonds is 6. The van der Waals surface area contributed by atoms with Gasteiger partial charge in [-0.3, -0.25) is 4.79 Å². The van der Waals surface area contributed by atoms with Crippen molar-refractivity contribution in [2.24, 2.45) is 5.92 Å². The Kier molecular flexibility index (Phi) is 4.99. The summed E-state index contributed by atoms with van der Waals surface area (Å²) in [5, 5.41) is 11.6. The molecule has 1 amide bonds. The molecule has 1 unspecified atom stereocenters. The van der Waals surface area contributed by atoms with Gasteiger partial charge in [-0.2, -0.15) is 0 Å². The van der Waals surface area contributed by atoms with E-state index < -0.39 is 11.9 Å². The van der Waals surface area contributed by atoms with Gasteiger partial charge < -0.3 is 14.8 Å². The number of furan rings is 1. The lowest BCUT2D eigenvalue weighted by molar-refractivity contribution is 0.0659. The predicted octanol–water partition coefficient (Wildman–Crippen LogP) is 3.15. The number of amides is 1. The number of carboxylic acid groups (broad SMARTS) is 1. The first-order chi connectivity index (χ1) is 10.5. The molecule has 1 atom stereocenters. The summed E-state index contributed by atoms with van der Waals surface area (Å²) >= 11 is 0. The van der Waals surface area contributed by atoms with E-state index >= 15 is 0 Å². The quantitative estimate of drug-likeness (QED) is 0.859. The number of hydrogen-bond acceptors (Lipinski definition) is 3. The van der Waals surface area contributed by atoms with Crippen LogP contribution >= 0.6 is 0 Å².